The van der Waals surface area contributed by atoms with Crippen LogP contribution < -0.4 is 5.32 Å². The van der Waals surface area contributed by atoms with Crippen LogP contribution in [-0.2, 0) is 4.74 Å². The maximum atomic E-state index is 13.9. The highest BCUT2D eigenvalue weighted by molar-refractivity contribution is 5.21. The van der Waals surface area contributed by atoms with E-state index in [9.17, 15) is 4.39 Å². The zero-order valence-corrected chi connectivity index (χ0v) is 12.7. The molecule has 0 bridgehead atoms. The van der Waals surface area contributed by atoms with Crippen LogP contribution in [-0.4, -0.2) is 43.3 Å². The SMILES string of the molecule is CCC(NCC1CN2CCCC2CO1)c1ccccc1F. The molecule has 21 heavy (non-hydrogen) atoms. The molecule has 0 aliphatic carbocycles. The van der Waals surface area contributed by atoms with Crippen LogP contribution in [0.2, 0.25) is 0 Å². The molecule has 2 saturated heterocycles. The fourth-order valence-corrected chi connectivity index (χ4v) is 3.51. The maximum Gasteiger partial charge on any atom is 0.127 e. The van der Waals surface area contributed by atoms with E-state index in [1.54, 1.807) is 6.07 Å². The first kappa shape index (κ1) is 14.9. The van der Waals surface area contributed by atoms with Crippen LogP contribution in [0.4, 0.5) is 4.39 Å². The zero-order chi connectivity index (χ0) is 14.7. The first-order valence-electron chi connectivity index (χ1n) is 8.11. The van der Waals surface area contributed by atoms with Crippen LogP contribution in [0, 0.1) is 5.82 Å². The average molecular weight is 292 g/mol. The predicted octanol–water partition coefficient (Wildman–Crippen LogP) is 2.73. The normalized spacial score (nSPS) is 27.5. The van der Waals surface area contributed by atoms with Crippen molar-refractivity contribution in [3.63, 3.8) is 0 Å². The number of benzene rings is 1. The third-order valence-electron chi connectivity index (χ3n) is 4.74. The molecule has 3 rings (SSSR count). The van der Waals surface area contributed by atoms with Gasteiger partial charge in [0, 0.05) is 30.7 Å². The zero-order valence-electron chi connectivity index (χ0n) is 12.7. The van der Waals surface area contributed by atoms with Gasteiger partial charge < -0.3 is 10.1 Å². The summed E-state index contributed by atoms with van der Waals surface area (Å²) in [5.74, 6) is -0.124. The Morgan fingerprint density at radius 1 is 1.43 bits per heavy atom. The van der Waals surface area contributed by atoms with Gasteiger partial charge in [0.1, 0.15) is 5.82 Å². The van der Waals surface area contributed by atoms with Crippen molar-refractivity contribution >= 4 is 0 Å². The van der Waals surface area contributed by atoms with E-state index in [1.165, 1.54) is 25.5 Å². The van der Waals surface area contributed by atoms with Gasteiger partial charge in [0.15, 0.2) is 0 Å². The number of ether oxygens (including phenoxy) is 1. The molecule has 1 aromatic rings. The van der Waals surface area contributed by atoms with Gasteiger partial charge in [-0.3, -0.25) is 4.90 Å². The Labute approximate surface area is 126 Å². The van der Waals surface area contributed by atoms with Gasteiger partial charge in [-0.1, -0.05) is 25.1 Å². The predicted molar refractivity (Wildman–Crippen MR) is 81.8 cm³/mol. The van der Waals surface area contributed by atoms with E-state index >= 15 is 0 Å². The Kier molecular flexibility index (Phi) is 4.88. The van der Waals surface area contributed by atoms with Crippen LogP contribution in [0.5, 0.6) is 0 Å². The van der Waals surface area contributed by atoms with Gasteiger partial charge in [0.25, 0.3) is 0 Å². The smallest absolute Gasteiger partial charge is 0.127 e. The highest BCUT2D eigenvalue weighted by Crippen LogP contribution is 2.23. The van der Waals surface area contributed by atoms with Crippen LogP contribution in [0.15, 0.2) is 24.3 Å². The lowest BCUT2D eigenvalue weighted by Gasteiger charge is -2.36. The molecule has 2 aliphatic rings. The number of nitrogens with zero attached hydrogens (tertiary/aromatic N) is 1. The van der Waals surface area contributed by atoms with Crippen molar-refractivity contribution in [2.45, 2.75) is 44.4 Å². The second-order valence-corrected chi connectivity index (χ2v) is 6.14. The molecule has 116 valence electrons. The molecule has 3 atom stereocenters. The molecule has 2 heterocycles. The summed E-state index contributed by atoms with van der Waals surface area (Å²) in [6, 6.07) is 7.74. The summed E-state index contributed by atoms with van der Waals surface area (Å²) in [7, 11) is 0. The van der Waals surface area contributed by atoms with Crippen LogP contribution in [0.1, 0.15) is 37.8 Å². The molecule has 2 fully saturated rings. The average Bonchev–Trinajstić information content (AvgIpc) is 2.97. The lowest BCUT2D eigenvalue weighted by atomic mass is 10.0. The molecule has 0 saturated carbocycles. The van der Waals surface area contributed by atoms with Gasteiger partial charge in [0.05, 0.1) is 12.7 Å². The second-order valence-electron chi connectivity index (χ2n) is 6.14. The van der Waals surface area contributed by atoms with Crippen LogP contribution in [0.25, 0.3) is 0 Å². The molecule has 3 nitrogen and oxygen atoms in total. The lowest BCUT2D eigenvalue weighted by molar-refractivity contribution is -0.0479. The molecule has 4 heteroatoms. The molecule has 2 aliphatic heterocycles. The topological polar surface area (TPSA) is 24.5 Å². The Bertz CT molecular complexity index is 468. The molecule has 0 radical (unpaired) electrons. The molecular weight excluding hydrogens is 267 g/mol. The Morgan fingerprint density at radius 2 is 2.29 bits per heavy atom. The summed E-state index contributed by atoms with van der Waals surface area (Å²) >= 11 is 0. The van der Waals surface area contributed by atoms with Crippen molar-refractivity contribution in [2.75, 3.05) is 26.2 Å². The van der Waals surface area contributed by atoms with E-state index in [2.05, 4.69) is 17.1 Å². The number of nitrogens with one attached hydrogen (secondary N) is 1. The van der Waals surface area contributed by atoms with Crippen LogP contribution in [0.3, 0.4) is 0 Å². The maximum absolute atomic E-state index is 13.9. The summed E-state index contributed by atoms with van der Waals surface area (Å²) in [6.07, 6.45) is 3.66. The number of fused-ring (bicyclic) bond motifs is 1. The van der Waals surface area contributed by atoms with Crippen molar-refractivity contribution < 1.29 is 9.13 Å². The number of hydrogen-bond acceptors (Lipinski definition) is 3. The van der Waals surface area contributed by atoms with Crippen molar-refractivity contribution in [3.8, 4) is 0 Å². The van der Waals surface area contributed by atoms with Crippen LogP contribution >= 0.6 is 0 Å². The van der Waals surface area contributed by atoms with Crippen molar-refractivity contribution in [1.82, 2.24) is 10.2 Å². The number of hydrogen-bond donors (Lipinski definition) is 1. The minimum absolute atomic E-state index is 0.0612. The van der Waals surface area contributed by atoms with E-state index < -0.39 is 0 Å². The molecule has 3 unspecified atom stereocenters. The van der Waals surface area contributed by atoms with E-state index in [0.717, 1.165) is 31.7 Å². The summed E-state index contributed by atoms with van der Waals surface area (Å²) in [6.45, 7) is 5.93. The first-order valence-corrected chi connectivity index (χ1v) is 8.11. The number of morpholine rings is 1. The Hall–Kier alpha value is -0.970. The Balaban J connectivity index is 1.55. The first-order chi connectivity index (χ1) is 10.3. The van der Waals surface area contributed by atoms with Crippen molar-refractivity contribution in [3.05, 3.63) is 35.6 Å². The third-order valence-corrected chi connectivity index (χ3v) is 4.74. The molecule has 1 N–H and O–H groups in total. The fourth-order valence-electron chi connectivity index (χ4n) is 3.51. The lowest BCUT2D eigenvalue weighted by Crippen LogP contribution is -2.49. The second kappa shape index (κ2) is 6.86. The van der Waals surface area contributed by atoms with E-state index in [4.69, 9.17) is 4.74 Å². The summed E-state index contributed by atoms with van der Waals surface area (Å²) in [5, 5.41) is 3.48. The highest BCUT2D eigenvalue weighted by atomic mass is 19.1. The molecule has 1 aromatic carbocycles. The van der Waals surface area contributed by atoms with Gasteiger partial charge >= 0.3 is 0 Å². The quantitative estimate of drug-likeness (QED) is 0.903. The van der Waals surface area contributed by atoms with Crippen molar-refractivity contribution in [1.29, 1.82) is 0 Å². The van der Waals surface area contributed by atoms with Gasteiger partial charge in [-0.15, -0.1) is 0 Å². The number of halogens is 1. The third kappa shape index (κ3) is 3.44. The van der Waals surface area contributed by atoms with Crippen molar-refractivity contribution in [2.24, 2.45) is 0 Å². The number of rotatable bonds is 5. The highest BCUT2D eigenvalue weighted by Gasteiger charge is 2.32. The van der Waals surface area contributed by atoms with Gasteiger partial charge in [-0.25, -0.2) is 4.39 Å². The molecule has 0 spiro atoms. The molecule has 0 amide bonds. The fraction of sp³-hybridized carbons (Fsp3) is 0.647. The van der Waals surface area contributed by atoms with Gasteiger partial charge in [-0.2, -0.15) is 0 Å². The summed E-state index contributed by atoms with van der Waals surface area (Å²) < 4.78 is 19.8. The van der Waals surface area contributed by atoms with Gasteiger partial charge in [0.2, 0.25) is 0 Å². The van der Waals surface area contributed by atoms with E-state index in [-0.39, 0.29) is 18.0 Å². The minimum atomic E-state index is -0.124. The van der Waals surface area contributed by atoms with E-state index in [1.807, 2.05) is 12.1 Å². The Morgan fingerprint density at radius 3 is 3.10 bits per heavy atom. The minimum Gasteiger partial charge on any atom is -0.374 e. The monoisotopic (exact) mass is 292 g/mol. The molecule has 0 aromatic heterocycles. The standard InChI is InChI=1S/C17H25FN2O/c1-2-17(15-7-3-4-8-16(15)18)19-10-14-11-20-9-5-6-13(20)12-21-14/h3-4,7-8,13-14,17,19H,2,5-6,9-12H2,1H3. The van der Waals surface area contributed by atoms with E-state index in [0.29, 0.717) is 6.04 Å². The molecular formula is C17H25FN2O. The summed E-state index contributed by atoms with van der Waals surface area (Å²) in [4.78, 5) is 2.54. The van der Waals surface area contributed by atoms with Gasteiger partial charge in [-0.05, 0) is 31.9 Å². The largest absolute Gasteiger partial charge is 0.374 e. The summed E-state index contributed by atoms with van der Waals surface area (Å²) in [5.41, 5.74) is 0.759.